The van der Waals surface area contributed by atoms with E-state index in [4.69, 9.17) is 23.7 Å². The van der Waals surface area contributed by atoms with E-state index >= 15 is 0 Å². The molecule has 0 bridgehead atoms. The Labute approximate surface area is 341 Å². The van der Waals surface area contributed by atoms with Crippen molar-refractivity contribution < 1.29 is 57.6 Å². The van der Waals surface area contributed by atoms with E-state index < -0.39 is 59.7 Å². The molecule has 3 rings (SSSR count). The van der Waals surface area contributed by atoms with Gasteiger partial charge in [0.2, 0.25) is 23.6 Å². The summed E-state index contributed by atoms with van der Waals surface area (Å²) in [6.45, 7) is 9.94. The summed E-state index contributed by atoms with van der Waals surface area (Å²) in [5.41, 5.74) is 0.199. The fourth-order valence-electron chi connectivity index (χ4n) is 6.63. The van der Waals surface area contributed by atoms with Crippen molar-refractivity contribution in [2.75, 3.05) is 85.6 Å². The van der Waals surface area contributed by atoms with Gasteiger partial charge in [-0.3, -0.25) is 24.0 Å². The lowest BCUT2D eigenvalue weighted by Gasteiger charge is -2.33. The summed E-state index contributed by atoms with van der Waals surface area (Å²) in [5, 5.41) is 21.0. The zero-order valence-electron chi connectivity index (χ0n) is 34.4. The van der Waals surface area contributed by atoms with Crippen molar-refractivity contribution in [1.29, 1.82) is 0 Å². The number of nitrogens with one attached hydrogen (secondary N) is 4. The highest BCUT2D eigenvalue weighted by atomic mass is 16.6. The lowest BCUT2D eigenvalue weighted by atomic mass is 9.92. The Morgan fingerprint density at radius 2 is 1.47 bits per heavy atom. The summed E-state index contributed by atoms with van der Waals surface area (Å²) in [4.78, 5) is 78.5. The van der Waals surface area contributed by atoms with Crippen LogP contribution in [-0.2, 0) is 58.9 Å². The molecule has 2 fully saturated rings. The van der Waals surface area contributed by atoms with Gasteiger partial charge in [0.25, 0.3) is 0 Å². The molecule has 326 valence electrons. The number of hydrogen-bond donors (Lipinski definition) is 5. The van der Waals surface area contributed by atoms with Crippen LogP contribution in [-0.4, -0.2) is 149 Å². The fraction of sp³-hybridized carbons (Fsp3) is 0.707. The second-order valence-electron chi connectivity index (χ2n) is 15.6. The Morgan fingerprint density at radius 1 is 0.828 bits per heavy atom. The topological polar surface area (TPSA) is 220 Å². The van der Waals surface area contributed by atoms with Crippen LogP contribution >= 0.6 is 0 Å². The van der Waals surface area contributed by atoms with Gasteiger partial charge in [0.05, 0.1) is 58.6 Å². The fourth-order valence-corrected chi connectivity index (χ4v) is 6.63. The number of aliphatic carboxylic acids is 1. The van der Waals surface area contributed by atoms with Gasteiger partial charge < -0.3 is 55.0 Å². The third kappa shape index (κ3) is 20.5. The maximum absolute atomic E-state index is 13.6. The number of esters is 1. The van der Waals surface area contributed by atoms with Crippen LogP contribution in [0, 0.1) is 11.8 Å². The van der Waals surface area contributed by atoms with Crippen LogP contribution < -0.4 is 21.3 Å². The minimum atomic E-state index is -1.44. The summed E-state index contributed by atoms with van der Waals surface area (Å²) in [6.07, 6.45) is 3.88. The smallest absolute Gasteiger partial charge is 0.332 e. The Balaban J connectivity index is 1.40. The first-order valence-electron chi connectivity index (χ1n) is 20.5. The lowest BCUT2D eigenvalue weighted by Crippen LogP contribution is -2.56. The van der Waals surface area contributed by atoms with Crippen molar-refractivity contribution in [2.24, 2.45) is 11.8 Å². The predicted octanol–water partition coefficient (Wildman–Crippen LogP) is 1.22. The number of likely N-dealkylation sites (tertiary alicyclic amines) is 1. The number of hydrogen-bond acceptors (Lipinski definition) is 12. The molecule has 4 amide bonds. The van der Waals surface area contributed by atoms with E-state index in [9.17, 15) is 33.9 Å². The maximum atomic E-state index is 13.6. The van der Waals surface area contributed by atoms with Gasteiger partial charge >= 0.3 is 11.9 Å². The van der Waals surface area contributed by atoms with E-state index in [-0.39, 0.29) is 51.8 Å². The molecule has 0 saturated carbocycles. The van der Waals surface area contributed by atoms with E-state index in [1.165, 1.54) is 0 Å². The number of piperidine rings is 2. The van der Waals surface area contributed by atoms with Crippen LogP contribution in [0.15, 0.2) is 30.3 Å². The second kappa shape index (κ2) is 26.8. The van der Waals surface area contributed by atoms with Crippen LogP contribution in [0.25, 0.3) is 0 Å². The number of carbonyl (C=O) groups excluding carboxylic acids is 5. The van der Waals surface area contributed by atoms with Crippen molar-refractivity contribution in [1.82, 2.24) is 26.2 Å². The monoisotopic (exact) mass is 819 g/mol. The minimum absolute atomic E-state index is 0.00316. The van der Waals surface area contributed by atoms with Gasteiger partial charge in [0.15, 0.2) is 0 Å². The lowest BCUT2D eigenvalue weighted by molar-refractivity contribution is -0.160. The summed E-state index contributed by atoms with van der Waals surface area (Å²) < 4.78 is 26.8. The minimum Gasteiger partial charge on any atom is -0.481 e. The van der Waals surface area contributed by atoms with E-state index in [0.717, 1.165) is 37.9 Å². The van der Waals surface area contributed by atoms with Crippen molar-refractivity contribution in [3.8, 4) is 0 Å². The molecule has 17 heteroatoms. The number of carboxylic acid groups (broad SMARTS) is 1. The summed E-state index contributed by atoms with van der Waals surface area (Å²) in [6, 6.07) is 6.53. The highest BCUT2D eigenvalue weighted by Crippen LogP contribution is 2.22. The summed E-state index contributed by atoms with van der Waals surface area (Å²) in [7, 11) is 0. The Hall–Kier alpha value is -4.16. The molecule has 3 atom stereocenters. The first kappa shape index (κ1) is 48.2. The van der Waals surface area contributed by atoms with E-state index in [1.807, 2.05) is 6.07 Å². The molecule has 0 radical (unpaired) electrons. The average Bonchev–Trinajstić information content (AvgIpc) is 3.19. The average molecular weight is 820 g/mol. The number of nitrogens with zero attached hydrogens (tertiary/aromatic N) is 1. The van der Waals surface area contributed by atoms with Gasteiger partial charge in [-0.15, -0.1) is 0 Å². The van der Waals surface area contributed by atoms with Gasteiger partial charge in [-0.05, 0) is 77.4 Å². The van der Waals surface area contributed by atoms with E-state index in [0.29, 0.717) is 58.2 Å². The molecule has 0 aliphatic carbocycles. The van der Waals surface area contributed by atoms with Crippen LogP contribution in [0.3, 0.4) is 0 Å². The third-order valence-corrected chi connectivity index (χ3v) is 9.60. The molecule has 0 spiro atoms. The Bertz CT molecular complexity index is 1420. The number of rotatable bonds is 26. The number of ether oxygens (including phenoxy) is 5. The quantitative estimate of drug-likeness (QED) is 0.0657. The van der Waals surface area contributed by atoms with Crippen molar-refractivity contribution >= 4 is 35.6 Å². The van der Waals surface area contributed by atoms with E-state index in [2.05, 4.69) is 21.3 Å². The molecule has 0 aromatic heterocycles. The SMILES string of the molecule is CC(C)(C)OC(=O)COCCOCCOCCOCCNC(=O)[C@H](Cc1ccccc1)NC(=O)[C@H](CC(=O)O)NC(=O)[C@@H]1CCCN(C(=O)CCC2CCNCC2)C1. The van der Waals surface area contributed by atoms with Gasteiger partial charge in [0.1, 0.15) is 24.3 Å². The van der Waals surface area contributed by atoms with Crippen LogP contribution in [0.5, 0.6) is 0 Å². The van der Waals surface area contributed by atoms with Crippen LogP contribution in [0.2, 0.25) is 0 Å². The van der Waals surface area contributed by atoms with Gasteiger partial charge in [-0.25, -0.2) is 4.79 Å². The third-order valence-electron chi connectivity index (χ3n) is 9.60. The predicted molar refractivity (Wildman–Crippen MR) is 213 cm³/mol. The van der Waals surface area contributed by atoms with Crippen molar-refractivity contribution in [3.05, 3.63) is 35.9 Å². The highest BCUT2D eigenvalue weighted by molar-refractivity contribution is 5.94. The molecule has 2 aliphatic heterocycles. The standard InChI is InChI=1S/C41H65N5O12/c1-41(2,3)58-37(50)29-57-25-24-56-23-22-55-21-20-54-19-17-43-39(52)33(26-31-8-5-4-6-9-31)45-40(53)34(27-36(48)49)44-38(51)32-10-7-18-46(28-32)35(47)12-11-30-13-15-42-16-14-30/h4-6,8-9,30,32-34,42H,7,10-29H2,1-3H3,(H,43,52)(H,44,51)(H,45,53)(H,48,49)/t32-,33+,34+/m1/s1. The molecule has 17 nitrogen and oxygen atoms in total. The normalized spacial score (nSPS) is 17.2. The molecule has 1 aromatic carbocycles. The summed E-state index contributed by atoms with van der Waals surface area (Å²) >= 11 is 0. The second-order valence-corrected chi connectivity index (χ2v) is 15.6. The van der Waals surface area contributed by atoms with Gasteiger partial charge in [-0.2, -0.15) is 0 Å². The molecule has 58 heavy (non-hydrogen) atoms. The van der Waals surface area contributed by atoms with Crippen LogP contribution in [0.1, 0.15) is 71.3 Å². The molecule has 2 aliphatic rings. The molecule has 5 N–H and O–H groups in total. The van der Waals surface area contributed by atoms with Gasteiger partial charge in [0, 0.05) is 32.5 Å². The molecular weight excluding hydrogens is 754 g/mol. The van der Waals surface area contributed by atoms with Crippen molar-refractivity contribution in [2.45, 2.75) is 89.8 Å². The van der Waals surface area contributed by atoms with Gasteiger partial charge in [-0.1, -0.05) is 30.3 Å². The first-order chi connectivity index (χ1) is 27.8. The molecule has 1 aromatic rings. The number of benzene rings is 1. The zero-order valence-corrected chi connectivity index (χ0v) is 34.4. The Kier molecular flexibility index (Phi) is 22.2. The van der Waals surface area contributed by atoms with Crippen LogP contribution in [0.4, 0.5) is 0 Å². The first-order valence-corrected chi connectivity index (χ1v) is 20.5. The Morgan fingerprint density at radius 3 is 2.10 bits per heavy atom. The zero-order chi connectivity index (χ0) is 42.2. The largest absolute Gasteiger partial charge is 0.481 e. The molecule has 2 saturated heterocycles. The number of carbonyl (C=O) groups is 6. The number of amides is 4. The maximum Gasteiger partial charge on any atom is 0.332 e. The molecule has 2 heterocycles. The molecular formula is C41H65N5O12. The summed E-state index contributed by atoms with van der Waals surface area (Å²) in [5.74, 6) is -3.62. The molecule has 0 unspecified atom stereocenters. The van der Waals surface area contributed by atoms with Crippen molar-refractivity contribution in [3.63, 3.8) is 0 Å². The number of carboxylic acids is 1. The highest BCUT2D eigenvalue weighted by Gasteiger charge is 2.33. The van der Waals surface area contributed by atoms with E-state index in [1.54, 1.807) is 49.9 Å².